The van der Waals surface area contributed by atoms with E-state index in [0.717, 1.165) is 0 Å². The van der Waals surface area contributed by atoms with Crippen molar-refractivity contribution >= 4 is 17.4 Å². The van der Waals surface area contributed by atoms with Crippen LogP contribution in [0.4, 0.5) is 5.69 Å². The quantitative estimate of drug-likeness (QED) is 0.507. The first-order valence-corrected chi connectivity index (χ1v) is 4.39. The monoisotopic (exact) mass is 207 g/mol. The van der Waals surface area contributed by atoms with Crippen LogP contribution in [-0.4, -0.2) is 18.9 Å². The third kappa shape index (κ3) is 3.30. The summed E-state index contributed by atoms with van der Waals surface area (Å²) >= 11 is 0. The molecule has 15 heavy (non-hydrogen) atoms. The first-order valence-electron chi connectivity index (χ1n) is 4.39. The molecule has 0 saturated heterocycles. The number of carbonyl (C=O) groups is 1. The Hall–Kier alpha value is -2.04. The van der Waals surface area contributed by atoms with Crippen molar-refractivity contribution in [3.8, 4) is 5.75 Å². The van der Waals surface area contributed by atoms with Gasteiger partial charge in [0, 0.05) is 0 Å². The van der Waals surface area contributed by atoms with Gasteiger partial charge in [0.1, 0.15) is 11.6 Å². The number of hydrogen-bond acceptors (Lipinski definition) is 3. The van der Waals surface area contributed by atoms with E-state index in [1.807, 2.05) is 0 Å². The van der Waals surface area contributed by atoms with Crippen molar-refractivity contribution in [2.24, 2.45) is 5.73 Å². The molecule has 0 radical (unpaired) electrons. The predicted octanol–water partition coefficient (Wildman–Crippen LogP) is 0.960. The van der Waals surface area contributed by atoms with Gasteiger partial charge in [0.05, 0.1) is 19.2 Å². The lowest BCUT2D eigenvalue weighted by Gasteiger charge is -2.08. The fraction of sp³-hybridized carbons (Fsp3) is 0.200. The van der Waals surface area contributed by atoms with Crippen LogP contribution in [0.5, 0.6) is 5.75 Å². The molecule has 1 rings (SSSR count). The number of carbonyl (C=O) groups excluding carboxylic acids is 1. The van der Waals surface area contributed by atoms with E-state index >= 15 is 0 Å². The van der Waals surface area contributed by atoms with E-state index in [-0.39, 0.29) is 18.2 Å². The number of para-hydroxylation sites is 2. The number of benzene rings is 1. The smallest absolute Gasteiger partial charge is 0.232 e. The standard InChI is InChI=1S/C10H13N3O2/c1-15-8-5-3-2-4-7(8)13-10(14)6-9(11)12/h2-5H,6H2,1H3,(H3,11,12)(H,13,14). The van der Waals surface area contributed by atoms with Crippen molar-refractivity contribution in [2.45, 2.75) is 6.42 Å². The Labute approximate surface area is 87.7 Å². The number of hydrogen-bond donors (Lipinski definition) is 3. The number of ether oxygens (including phenoxy) is 1. The SMILES string of the molecule is COc1ccccc1NC(=O)CC(=N)N. The molecule has 0 atom stereocenters. The zero-order chi connectivity index (χ0) is 11.3. The Morgan fingerprint density at radius 1 is 1.53 bits per heavy atom. The molecule has 5 heteroatoms. The van der Waals surface area contributed by atoms with Crippen LogP contribution in [0.25, 0.3) is 0 Å². The van der Waals surface area contributed by atoms with Crippen molar-refractivity contribution in [1.29, 1.82) is 5.41 Å². The molecule has 0 saturated carbocycles. The van der Waals surface area contributed by atoms with Gasteiger partial charge in [-0.25, -0.2) is 0 Å². The molecule has 1 aromatic rings. The Morgan fingerprint density at radius 2 is 2.20 bits per heavy atom. The third-order valence-electron chi connectivity index (χ3n) is 1.73. The Bertz CT molecular complexity index is 377. The molecule has 1 aromatic carbocycles. The molecule has 0 bridgehead atoms. The number of amides is 1. The summed E-state index contributed by atoms with van der Waals surface area (Å²) in [5.41, 5.74) is 5.68. The second kappa shape index (κ2) is 4.99. The van der Waals surface area contributed by atoms with Crippen LogP contribution in [0.3, 0.4) is 0 Å². The van der Waals surface area contributed by atoms with E-state index in [1.54, 1.807) is 24.3 Å². The number of methoxy groups -OCH3 is 1. The highest BCUT2D eigenvalue weighted by Crippen LogP contribution is 2.22. The van der Waals surface area contributed by atoms with Gasteiger partial charge in [-0.3, -0.25) is 10.2 Å². The van der Waals surface area contributed by atoms with E-state index in [2.05, 4.69) is 5.32 Å². The lowest BCUT2D eigenvalue weighted by Crippen LogP contribution is -2.21. The second-order valence-electron chi connectivity index (χ2n) is 2.95. The summed E-state index contributed by atoms with van der Waals surface area (Å²) in [4.78, 5) is 11.3. The summed E-state index contributed by atoms with van der Waals surface area (Å²) in [6.45, 7) is 0. The molecule has 0 fully saturated rings. The number of rotatable bonds is 4. The lowest BCUT2D eigenvalue weighted by atomic mass is 10.2. The molecule has 4 N–H and O–H groups in total. The van der Waals surface area contributed by atoms with E-state index in [1.165, 1.54) is 7.11 Å². The van der Waals surface area contributed by atoms with Crippen LogP contribution in [0.15, 0.2) is 24.3 Å². The average molecular weight is 207 g/mol. The summed E-state index contributed by atoms with van der Waals surface area (Å²) in [7, 11) is 1.52. The van der Waals surface area contributed by atoms with Gasteiger partial charge in [-0.2, -0.15) is 0 Å². The van der Waals surface area contributed by atoms with Gasteiger partial charge in [-0.05, 0) is 12.1 Å². The molecule has 0 aliphatic rings. The van der Waals surface area contributed by atoms with Crippen molar-refractivity contribution in [1.82, 2.24) is 0 Å². The maximum Gasteiger partial charge on any atom is 0.232 e. The zero-order valence-electron chi connectivity index (χ0n) is 8.41. The first-order chi connectivity index (χ1) is 7.13. The normalized spacial score (nSPS) is 9.40. The molecule has 0 aliphatic carbocycles. The van der Waals surface area contributed by atoms with Gasteiger partial charge in [0.25, 0.3) is 0 Å². The predicted molar refractivity (Wildman–Crippen MR) is 58.2 cm³/mol. The maximum absolute atomic E-state index is 11.3. The van der Waals surface area contributed by atoms with E-state index < -0.39 is 0 Å². The Balaban J connectivity index is 2.71. The number of nitrogens with one attached hydrogen (secondary N) is 2. The van der Waals surface area contributed by atoms with Crippen LogP contribution < -0.4 is 15.8 Å². The van der Waals surface area contributed by atoms with E-state index in [9.17, 15) is 4.79 Å². The van der Waals surface area contributed by atoms with E-state index in [0.29, 0.717) is 11.4 Å². The molecular formula is C10H13N3O2. The minimum absolute atomic E-state index is 0.113. The largest absolute Gasteiger partial charge is 0.495 e. The molecule has 1 amide bonds. The fourth-order valence-electron chi connectivity index (χ4n) is 1.12. The number of nitrogens with two attached hydrogens (primary N) is 1. The summed E-state index contributed by atoms with van der Waals surface area (Å²) in [6, 6.07) is 7.05. The van der Waals surface area contributed by atoms with Crippen molar-refractivity contribution < 1.29 is 9.53 Å². The van der Waals surface area contributed by atoms with Crippen LogP contribution >= 0.6 is 0 Å². The zero-order valence-corrected chi connectivity index (χ0v) is 8.41. The van der Waals surface area contributed by atoms with Crippen molar-refractivity contribution in [2.75, 3.05) is 12.4 Å². The van der Waals surface area contributed by atoms with Crippen LogP contribution in [0.2, 0.25) is 0 Å². The first kappa shape index (κ1) is 11.0. The lowest BCUT2D eigenvalue weighted by molar-refractivity contribution is -0.115. The summed E-state index contributed by atoms with van der Waals surface area (Å²) in [5, 5.41) is 9.58. The fourth-order valence-corrected chi connectivity index (χ4v) is 1.12. The van der Waals surface area contributed by atoms with Crippen molar-refractivity contribution in [3.05, 3.63) is 24.3 Å². The van der Waals surface area contributed by atoms with Gasteiger partial charge in [0.2, 0.25) is 5.91 Å². The van der Waals surface area contributed by atoms with Crippen LogP contribution in [-0.2, 0) is 4.79 Å². The molecule has 0 heterocycles. The minimum atomic E-state index is -0.327. The third-order valence-corrected chi connectivity index (χ3v) is 1.73. The topological polar surface area (TPSA) is 88.2 Å². The van der Waals surface area contributed by atoms with E-state index in [4.69, 9.17) is 15.9 Å². The van der Waals surface area contributed by atoms with Gasteiger partial charge >= 0.3 is 0 Å². The van der Waals surface area contributed by atoms with Gasteiger partial charge in [-0.15, -0.1) is 0 Å². The average Bonchev–Trinajstić information content (AvgIpc) is 2.17. The van der Waals surface area contributed by atoms with Gasteiger partial charge in [0.15, 0.2) is 0 Å². The Kier molecular flexibility index (Phi) is 3.68. The number of anilines is 1. The summed E-state index contributed by atoms with van der Waals surface area (Å²) in [5.74, 6) is 0.0869. The highest BCUT2D eigenvalue weighted by Gasteiger charge is 2.07. The van der Waals surface area contributed by atoms with Crippen LogP contribution in [0, 0.1) is 5.41 Å². The molecule has 0 spiro atoms. The molecule has 5 nitrogen and oxygen atoms in total. The highest BCUT2D eigenvalue weighted by molar-refractivity contribution is 6.04. The highest BCUT2D eigenvalue weighted by atomic mass is 16.5. The second-order valence-corrected chi connectivity index (χ2v) is 2.95. The van der Waals surface area contributed by atoms with Crippen LogP contribution in [0.1, 0.15) is 6.42 Å². The summed E-state index contributed by atoms with van der Waals surface area (Å²) in [6.07, 6.45) is -0.113. The number of amidine groups is 1. The maximum atomic E-state index is 11.3. The molecular weight excluding hydrogens is 194 g/mol. The van der Waals surface area contributed by atoms with Gasteiger partial charge < -0.3 is 15.8 Å². The molecule has 0 unspecified atom stereocenters. The minimum Gasteiger partial charge on any atom is -0.495 e. The molecule has 80 valence electrons. The van der Waals surface area contributed by atoms with Crippen molar-refractivity contribution in [3.63, 3.8) is 0 Å². The summed E-state index contributed by atoms with van der Waals surface area (Å²) < 4.78 is 5.05. The van der Waals surface area contributed by atoms with Gasteiger partial charge in [-0.1, -0.05) is 12.1 Å². The molecule has 0 aliphatic heterocycles. The Morgan fingerprint density at radius 3 is 2.80 bits per heavy atom. The molecule has 0 aromatic heterocycles.